The van der Waals surface area contributed by atoms with E-state index in [1.807, 2.05) is 56.3 Å². The van der Waals surface area contributed by atoms with Gasteiger partial charge in [0, 0.05) is 18.0 Å². The van der Waals surface area contributed by atoms with Crippen molar-refractivity contribution >= 4 is 44.4 Å². The number of rotatable bonds is 7. The fourth-order valence-electron chi connectivity index (χ4n) is 2.50. The zero-order valence-corrected chi connectivity index (χ0v) is 17.2. The van der Waals surface area contributed by atoms with Gasteiger partial charge in [0.2, 0.25) is 5.91 Å². The van der Waals surface area contributed by atoms with Crippen molar-refractivity contribution in [2.24, 2.45) is 0 Å². The molecule has 142 valence electrons. The van der Waals surface area contributed by atoms with E-state index in [0.29, 0.717) is 29.5 Å². The maximum atomic E-state index is 14.0. The van der Waals surface area contributed by atoms with Crippen LogP contribution in [0.3, 0.4) is 0 Å². The first-order valence-electron chi connectivity index (χ1n) is 8.63. The van der Waals surface area contributed by atoms with Gasteiger partial charge in [-0.05, 0) is 45.3 Å². The molecule has 2 aromatic carbocycles. The normalized spacial score (nSPS) is 11.3. The van der Waals surface area contributed by atoms with E-state index in [1.54, 1.807) is 11.0 Å². The third-order valence-electron chi connectivity index (χ3n) is 4.04. The number of hydrogen-bond donors (Lipinski definition) is 0. The lowest BCUT2D eigenvalue weighted by molar-refractivity contribution is -0.116. The van der Waals surface area contributed by atoms with Gasteiger partial charge in [0.05, 0.1) is 10.5 Å². The van der Waals surface area contributed by atoms with Crippen LogP contribution in [0.1, 0.15) is 5.56 Å². The van der Waals surface area contributed by atoms with Crippen LogP contribution >= 0.6 is 23.1 Å². The quantitative estimate of drug-likeness (QED) is 0.547. The standard InChI is InChI=1S/C20H22FN3OS2/c1-14-7-9-15(10-8-14)26-13-18(25)24(12-11-23(2)3)20-22-19-16(21)5-4-6-17(19)27-20/h4-10H,11-13H2,1-3H3. The number of nitrogens with zero attached hydrogens (tertiary/aromatic N) is 3. The van der Waals surface area contributed by atoms with Gasteiger partial charge in [-0.3, -0.25) is 9.69 Å². The number of thioether (sulfide) groups is 1. The highest BCUT2D eigenvalue weighted by molar-refractivity contribution is 8.00. The third-order valence-corrected chi connectivity index (χ3v) is 6.08. The molecule has 4 nitrogen and oxygen atoms in total. The molecule has 0 fully saturated rings. The molecule has 0 N–H and O–H groups in total. The lowest BCUT2D eigenvalue weighted by Crippen LogP contribution is -2.37. The highest BCUT2D eigenvalue weighted by atomic mass is 32.2. The summed E-state index contributed by atoms with van der Waals surface area (Å²) in [6.45, 7) is 3.26. The maximum absolute atomic E-state index is 14.0. The van der Waals surface area contributed by atoms with E-state index in [-0.39, 0.29) is 11.7 Å². The molecule has 7 heteroatoms. The number of aryl methyl sites for hydroxylation is 1. The number of para-hydroxylation sites is 1. The van der Waals surface area contributed by atoms with Gasteiger partial charge in [0.1, 0.15) is 11.3 Å². The second-order valence-corrected chi connectivity index (χ2v) is 8.59. The zero-order chi connectivity index (χ0) is 19.4. The van der Waals surface area contributed by atoms with Gasteiger partial charge in [0.25, 0.3) is 0 Å². The first-order chi connectivity index (χ1) is 12.9. The minimum absolute atomic E-state index is 0.0260. The van der Waals surface area contributed by atoms with E-state index in [4.69, 9.17) is 0 Å². The Labute approximate surface area is 167 Å². The summed E-state index contributed by atoms with van der Waals surface area (Å²) in [7, 11) is 3.92. The summed E-state index contributed by atoms with van der Waals surface area (Å²) in [5.41, 5.74) is 1.51. The first kappa shape index (κ1) is 19.8. The minimum Gasteiger partial charge on any atom is -0.308 e. The third kappa shape index (κ3) is 5.06. The number of thiazole rings is 1. The van der Waals surface area contributed by atoms with Crippen LogP contribution in [0.4, 0.5) is 9.52 Å². The summed E-state index contributed by atoms with van der Waals surface area (Å²) in [5, 5.41) is 0.548. The second kappa shape index (κ2) is 8.82. The molecule has 0 saturated carbocycles. The van der Waals surface area contributed by atoms with E-state index in [9.17, 15) is 9.18 Å². The summed E-state index contributed by atoms with van der Waals surface area (Å²) in [5.74, 6) is -0.0690. The van der Waals surface area contributed by atoms with Crippen molar-refractivity contribution < 1.29 is 9.18 Å². The molecule has 0 aliphatic heterocycles. The van der Waals surface area contributed by atoms with Gasteiger partial charge in [-0.1, -0.05) is 35.1 Å². The molecule has 3 rings (SSSR count). The van der Waals surface area contributed by atoms with Crippen LogP contribution in [0, 0.1) is 12.7 Å². The van der Waals surface area contributed by atoms with Crippen LogP contribution in [0.15, 0.2) is 47.4 Å². The zero-order valence-electron chi connectivity index (χ0n) is 15.6. The fourth-order valence-corrected chi connectivity index (χ4v) is 4.30. The number of carbonyl (C=O) groups excluding carboxylic acids is 1. The number of likely N-dealkylation sites (N-methyl/N-ethyl adjacent to an activating group) is 1. The first-order valence-corrected chi connectivity index (χ1v) is 10.4. The molecule has 1 aromatic heterocycles. The molecule has 3 aromatic rings. The Bertz CT molecular complexity index is 925. The highest BCUT2D eigenvalue weighted by Gasteiger charge is 2.21. The smallest absolute Gasteiger partial charge is 0.239 e. The number of anilines is 1. The van der Waals surface area contributed by atoms with Gasteiger partial charge in [-0.2, -0.15) is 0 Å². The van der Waals surface area contributed by atoms with Crippen molar-refractivity contribution in [3.63, 3.8) is 0 Å². The lowest BCUT2D eigenvalue weighted by atomic mass is 10.2. The number of aromatic nitrogens is 1. The van der Waals surface area contributed by atoms with E-state index >= 15 is 0 Å². The van der Waals surface area contributed by atoms with Crippen molar-refractivity contribution in [3.8, 4) is 0 Å². The Morgan fingerprint density at radius 3 is 2.56 bits per heavy atom. The van der Waals surface area contributed by atoms with Crippen LogP contribution in [-0.2, 0) is 4.79 Å². The average Bonchev–Trinajstić information content (AvgIpc) is 3.06. The molecule has 0 aliphatic rings. The lowest BCUT2D eigenvalue weighted by Gasteiger charge is -2.21. The van der Waals surface area contributed by atoms with Crippen LogP contribution < -0.4 is 4.90 Å². The number of halogens is 1. The topological polar surface area (TPSA) is 36.4 Å². The van der Waals surface area contributed by atoms with E-state index in [2.05, 4.69) is 4.98 Å². The number of amides is 1. The van der Waals surface area contributed by atoms with Crippen LogP contribution in [-0.4, -0.2) is 48.7 Å². The summed E-state index contributed by atoms with van der Waals surface area (Å²) < 4.78 is 14.8. The van der Waals surface area contributed by atoms with Gasteiger partial charge in [-0.15, -0.1) is 11.8 Å². The molecule has 27 heavy (non-hydrogen) atoms. The molecule has 0 radical (unpaired) electrons. The Hall–Kier alpha value is -1.96. The fraction of sp³-hybridized carbons (Fsp3) is 0.300. The van der Waals surface area contributed by atoms with Crippen LogP contribution in [0.2, 0.25) is 0 Å². The van der Waals surface area contributed by atoms with Crippen molar-refractivity contribution in [1.29, 1.82) is 0 Å². The van der Waals surface area contributed by atoms with Gasteiger partial charge in [-0.25, -0.2) is 9.37 Å². The van der Waals surface area contributed by atoms with Crippen LogP contribution in [0.25, 0.3) is 10.2 Å². The van der Waals surface area contributed by atoms with Crippen molar-refractivity contribution in [3.05, 3.63) is 53.8 Å². The summed E-state index contributed by atoms with van der Waals surface area (Å²) in [6, 6.07) is 13.0. The molecule has 0 aliphatic carbocycles. The number of fused-ring (bicyclic) bond motifs is 1. The molecule has 1 amide bonds. The predicted molar refractivity (Wildman–Crippen MR) is 112 cm³/mol. The predicted octanol–water partition coefficient (Wildman–Crippen LogP) is 4.43. The molecule has 0 bridgehead atoms. The van der Waals surface area contributed by atoms with Crippen molar-refractivity contribution in [2.45, 2.75) is 11.8 Å². The van der Waals surface area contributed by atoms with Gasteiger partial charge in [0.15, 0.2) is 5.13 Å². The SMILES string of the molecule is Cc1ccc(SCC(=O)N(CCN(C)C)c2nc3c(F)cccc3s2)cc1. The van der Waals surface area contributed by atoms with E-state index < -0.39 is 0 Å². The monoisotopic (exact) mass is 403 g/mol. The maximum Gasteiger partial charge on any atom is 0.239 e. The number of benzene rings is 2. The number of hydrogen-bond acceptors (Lipinski definition) is 5. The van der Waals surface area contributed by atoms with Crippen molar-refractivity contribution in [2.75, 3.05) is 37.8 Å². The van der Waals surface area contributed by atoms with Gasteiger partial charge >= 0.3 is 0 Å². The Morgan fingerprint density at radius 1 is 1.15 bits per heavy atom. The van der Waals surface area contributed by atoms with Crippen molar-refractivity contribution in [1.82, 2.24) is 9.88 Å². The summed E-state index contributed by atoms with van der Waals surface area (Å²) in [6.07, 6.45) is 0. The molecule has 0 saturated heterocycles. The number of carbonyl (C=O) groups is 1. The Balaban J connectivity index is 1.79. The van der Waals surface area contributed by atoms with E-state index in [1.165, 1.54) is 34.7 Å². The molecular formula is C20H22FN3OS2. The van der Waals surface area contributed by atoms with Gasteiger partial charge < -0.3 is 4.90 Å². The minimum atomic E-state index is -0.357. The second-order valence-electron chi connectivity index (χ2n) is 6.53. The summed E-state index contributed by atoms with van der Waals surface area (Å²) in [4.78, 5) is 22.1. The molecule has 1 heterocycles. The Kier molecular flexibility index (Phi) is 6.46. The molecule has 0 spiro atoms. The molecule has 0 unspecified atom stereocenters. The molecular weight excluding hydrogens is 381 g/mol. The summed E-state index contributed by atoms with van der Waals surface area (Å²) >= 11 is 2.85. The molecule has 0 atom stereocenters. The van der Waals surface area contributed by atoms with Crippen LogP contribution in [0.5, 0.6) is 0 Å². The largest absolute Gasteiger partial charge is 0.308 e. The Morgan fingerprint density at radius 2 is 1.89 bits per heavy atom. The van der Waals surface area contributed by atoms with E-state index in [0.717, 1.165) is 9.60 Å². The average molecular weight is 404 g/mol. The highest BCUT2D eigenvalue weighted by Crippen LogP contribution is 2.31.